The molecule has 2 rings (SSSR count). The van der Waals surface area contributed by atoms with E-state index in [9.17, 15) is 13.6 Å². The molecule has 0 saturated carbocycles. The molecule has 0 unspecified atom stereocenters. The Morgan fingerprint density at radius 1 is 1.29 bits per heavy atom. The fraction of sp³-hybridized carbons (Fsp3) is 0.333. The molecule has 0 atom stereocenters. The summed E-state index contributed by atoms with van der Waals surface area (Å²) in [6.45, 7) is 3.75. The molecule has 1 heterocycles. The summed E-state index contributed by atoms with van der Waals surface area (Å²) < 4.78 is 36.8. The zero-order chi connectivity index (χ0) is 15.4. The minimum atomic E-state index is -0.958. The molecule has 2 aromatic rings. The molecule has 0 radical (unpaired) electrons. The highest BCUT2D eigenvalue weighted by Crippen LogP contribution is 2.27. The van der Waals surface area contributed by atoms with E-state index in [0.29, 0.717) is 12.0 Å². The van der Waals surface area contributed by atoms with Crippen molar-refractivity contribution >= 4 is 17.1 Å². The van der Waals surface area contributed by atoms with E-state index in [1.165, 1.54) is 12.1 Å². The highest BCUT2D eigenvalue weighted by molar-refractivity contribution is 5.81. The molecule has 0 amide bonds. The van der Waals surface area contributed by atoms with Gasteiger partial charge in [-0.3, -0.25) is 0 Å². The standard InChI is InChI=1S/C15H15F2NO3/c1-3-5-9-8-10-12(7-6-11(16)13(10)17)18-14(9)21-15(19)20-4-2/h6-8H,3-5H2,1-2H3. The molecule has 4 nitrogen and oxygen atoms in total. The SMILES string of the molecule is CCCc1cc2c(F)c(F)ccc2nc1OC(=O)OCC. The Hall–Kier alpha value is -2.24. The summed E-state index contributed by atoms with van der Waals surface area (Å²) in [4.78, 5) is 15.5. The summed E-state index contributed by atoms with van der Waals surface area (Å²) in [6, 6.07) is 3.78. The average Bonchev–Trinajstić information content (AvgIpc) is 2.45. The van der Waals surface area contributed by atoms with Gasteiger partial charge in [-0.05, 0) is 31.5 Å². The van der Waals surface area contributed by atoms with Crippen LogP contribution >= 0.6 is 0 Å². The van der Waals surface area contributed by atoms with Crippen LogP contribution in [0.25, 0.3) is 10.9 Å². The van der Waals surface area contributed by atoms with Crippen LogP contribution < -0.4 is 4.74 Å². The van der Waals surface area contributed by atoms with Gasteiger partial charge in [-0.2, -0.15) is 0 Å². The lowest BCUT2D eigenvalue weighted by atomic mass is 10.1. The first-order chi connectivity index (χ1) is 10.1. The Labute approximate surface area is 120 Å². The molecule has 0 fully saturated rings. The van der Waals surface area contributed by atoms with Crippen molar-refractivity contribution < 1.29 is 23.0 Å². The van der Waals surface area contributed by atoms with Crippen molar-refractivity contribution in [3.63, 3.8) is 0 Å². The summed E-state index contributed by atoms with van der Waals surface area (Å²) >= 11 is 0. The molecule has 0 spiro atoms. The molecule has 112 valence electrons. The summed E-state index contributed by atoms with van der Waals surface area (Å²) in [5.74, 6) is -1.83. The second-order valence-electron chi connectivity index (χ2n) is 4.42. The van der Waals surface area contributed by atoms with Crippen LogP contribution in [0.3, 0.4) is 0 Å². The van der Waals surface area contributed by atoms with Crippen LogP contribution in [0.5, 0.6) is 5.88 Å². The van der Waals surface area contributed by atoms with Gasteiger partial charge >= 0.3 is 6.16 Å². The monoisotopic (exact) mass is 295 g/mol. The third kappa shape index (κ3) is 3.26. The van der Waals surface area contributed by atoms with Gasteiger partial charge in [-0.15, -0.1) is 0 Å². The lowest BCUT2D eigenvalue weighted by Gasteiger charge is -2.10. The van der Waals surface area contributed by atoms with Gasteiger partial charge in [-0.25, -0.2) is 18.6 Å². The summed E-state index contributed by atoms with van der Waals surface area (Å²) in [5.41, 5.74) is 0.746. The first-order valence-corrected chi connectivity index (χ1v) is 6.69. The minimum absolute atomic E-state index is 0.0637. The number of rotatable bonds is 4. The molecule has 0 aliphatic heterocycles. The molecular weight excluding hydrogens is 280 g/mol. The zero-order valence-electron chi connectivity index (χ0n) is 11.8. The highest BCUT2D eigenvalue weighted by Gasteiger charge is 2.16. The van der Waals surface area contributed by atoms with Crippen LogP contribution in [-0.4, -0.2) is 17.7 Å². The zero-order valence-corrected chi connectivity index (χ0v) is 11.8. The van der Waals surface area contributed by atoms with E-state index in [4.69, 9.17) is 9.47 Å². The van der Waals surface area contributed by atoms with Crippen LogP contribution in [0.1, 0.15) is 25.8 Å². The number of nitrogens with zero attached hydrogens (tertiary/aromatic N) is 1. The minimum Gasteiger partial charge on any atom is -0.434 e. The first-order valence-electron chi connectivity index (χ1n) is 6.69. The van der Waals surface area contributed by atoms with Crippen molar-refractivity contribution in [2.45, 2.75) is 26.7 Å². The molecule has 0 saturated heterocycles. The molecular formula is C15H15F2NO3. The highest BCUT2D eigenvalue weighted by atomic mass is 19.2. The number of aryl methyl sites for hydroxylation is 1. The second-order valence-corrected chi connectivity index (χ2v) is 4.42. The van der Waals surface area contributed by atoms with Crippen molar-refractivity contribution in [1.82, 2.24) is 4.98 Å². The number of hydrogen-bond acceptors (Lipinski definition) is 4. The van der Waals surface area contributed by atoms with Crippen LogP contribution in [0, 0.1) is 11.6 Å². The number of halogens is 2. The average molecular weight is 295 g/mol. The second kappa shape index (κ2) is 6.47. The van der Waals surface area contributed by atoms with Gasteiger partial charge in [0.05, 0.1) is 12.1 Å². The molecule has 0 bridgehead atoms. The van der Waals surface area contributed by atoms with Crippen molar-refractivity contribution in [1.29, 1.82) is 0 Å². The van der Waals surface area contributed by atoms with E-state index < -0.39 is 17.8 Å². The van der Waals surface area contributed by atoms with Gasteiger partial charge in [0.15, 0.2) is 11.6 Å². The largest absolute Gasteiger partial charge is 0.515 e. The predicted octanol–water partition coefficient (Wildman–Crippen LogP) is 4.00. The topological polar surface area (TPSA) is 48.4 Å². The summed E-state index contributed by atoms with van der Waals surface area (Å²) in [5, 5.41) is 0.0645. The predicted molar refractivity (Wildman–Crippen MR) is 73.3 cm³/mol. The Bertz CT molecular complexity index is 674. The smallest absolute Gasteiger partial charge is 0.434 e. The van der Waals surface area contributed by atoms with Crippen molar-refractivity contribution in [2.75, 3.05) is 6.61 Å². The van der Waals surface area contributed by atoms with Crippen molar-refractivity contribution in [3.8, 4) is 5.88 Å². The quantitative estimate of drug-likeness (QED) is 0.800. The van der Waals surface area contributed by atoms with Gasteiger partial charge in [0.2, 0.25) is 5.88 Å². The number of ether oxygens (including phenoxy) is 2. The van der Waals surface area contributed by atoms with Crippen LogP contribution in [0.15, 0.2) is 18.2 Å². The third-order valence-corrected chi connectivity index (χ3v) is 2.89. The van der Waals surface area contributed by atoms with Crippen molar-refractivity contribution in [2.24, 2.45) is 0 Å². The lowest BCUT2D eigenvalue weighted by molar-refractivity contribution is 0.102. The maximum absolute atomic E-state index is 13.8. The molecule has 1 aromatic heterocycles. The van der Waals surface area contributed by atoms with Gasteiger partial charge in [0, 0.05) is 10.9 Å². The summed E-state index contributed by atoms with van der Waals surface area (Å²) in [7, 11) is 0. The van der Waals surface area contributed by atoms with Gasteiger partial charge < -0.3 is 9.47 Å². The normalized spacial score (nSPS) is 10.7. The number of fused-ring (bicyclic) bond motifs is 1. The fourth-order valence-electron chi connectivity index (χ4n) is 1.97. The molecule has 21 heavy (non-hydrogen) atoms. The van der Waals surface area contributed by atoms with Gasteiger partial charge in [0.1, 0.15) is 0 Å². The Kier molecular flexibility index (Phi) is 4.67. The van der Waals surface area contributed by atoms with E-state index in [2.05, 4.69) is 4.98 Å². The third-order valence-electron chi connectivity index (χ3n) is 2.89. The number of hydrogen-bond donors (Lipinski definition) is 0. The van der Waals surface area contributed by atoms with E-state index in [1.54, 1.807) is 6.92 Å². The fourth-order valence-corrected chi connectivity index (χ4v) is 1.97. The molecule has 0 aliphatic carbocycles. The van der Waals surface area contributed by atoms with Crippen LogP contribution in [0.2, 0.25) is 0 Å². The molecule has 6 heteroatoms. The molecule has 0 N–H and O–H groups in total. The Balaban J connectivity index is 2.50. The van der Waals surface area contributed by atoms with Crippen LogP contribution in [0.4, 0.5) is 13.6 Å². The van der Waals surface area contributed by atoms with E-state index >= 15 is 0 Å². The Morgan fingerprint density at radius 3 is 2.71 bits per heavy atom. The van der Waals surface area contributed by atoms with E-state index in [-0.39, 0.29) is 23.4 Å². The summed E-state index contributed by atoms with van der Waals surface area (Å²) in [6.07, 6.45) is 0.390. The number of aromatic nitrogens is 1. The number of pyridine rings is 1. The van der Waals surface area contributed by atoms with Crippen LogP contribution in [-0.2, 0) is 11.2 Å². The van der Waals surface area contributed by atoms with E-state index in [0.717, 1.165) is 12.5 Å². The van der Waals surface area contributed by atoms with Crippen molar-refractivity contribution in [3.05, 3.63) is 35.4 Å². The molecule has 1 aromatic carbocycles. The molecule has 0 aliphatic rings. The number of benzene rings is 1. The number of carbonyl (C=O) groups is 1. The maximum atomic E-state index is 13.8. The van der Waals surface area contributed by atoms with Gasteiger partial charge in [-0.1, -0.05) is 13.3 Å². The Morgan fingerprint density at radius 2 is 2.05 bits per heavy atom. The first kappa shape index (κ1) is 15.2. The number of carbonyl (C=O) groups excluding carboxylic acids is 1. The van der Waals surface area contributed by atoms with E-state index in [1.807, 2.05) is 6.92 Å². The maximum Gasteiger partial charge on any atom is 0.515 e. The van der Waals surface area contributed by atoms with Gasteiger partial charge in [0.25, 0.3) is 0 Å². The lowest BCUT2D eigenvalue weighted by Crippen LogP contribution is -2.12.